The van der Waals surface area contributed by atoms with Crippen molar-refractivity contribution in [1.29, 1.82) is 0 Å². The Morgan fingerprint density at radius 1 is 1.06 bits per heavy atom. The minimum atomic E-state index is 0.755. The molecular weight excluding hydrogens is 222 g/mol. The van der Waals surface area contributed by atoms with Crippen LogP contribution in [0.5, 0.6) is 0 Å². The molecule has 0 radical (unpaired) electrons. The Morgan fingerprint density at radius 3 is 2.78 bits per heavy atom. The minimum Gasteiger partial charge on any atom is -0.316 e. The molecule has 3 rings (SSSR count). The van der Waals surface area contributed by atoms with Gasteiger partial charge in [0.15, 0.2) is 0 Å². The van der Waals surface area contributed by atoms with Crippen molar-refractivity contribution in [1.82, 2.24) is 15.1 Å². The van der Waals surface area contributed by atoms with E-state index in [9.17, 15) is 0 Å². The van der Waals surface area contributed by atoms with Crippen LogP contribution in [0.2, 0.25) is 0 Å². The zero-order valence-corrected chi connectivity index (χ0v) is 12.1. The molecule has 0 aromatic rings. The van der Waals surface area contributed by atoms with Gasteiger partial charge in [0.2, 0.25) is 0 Å². The van der Waals surface area contributed by atoms with Crippen molar-refractivity contribution in [2.75, 3.05) is 32.7 Å². The lowest BCUT2D eigenvalue weighted by atomic mass is 9.89. The van der Waals surface area contributed by atoms with Crippen LogP contribution in [0.3, 0.4) is 0 Å². The summed E-state index contributed by atoms with van der Waals surface area (Å²) in [6, 6.07) is 2.44. The minimum absolute atomic E-state index is 0.755. The van der Waals surface area contributed by atoms with Crippen molar-refractivity contribution in [3.63, 3.8) is 0 Å². The van der Waals surface area contributed by atoms with Crippen LogP contribution in [0.4, 0.5) is 0 Å². The molecule has 0 aliphatic carbocycles. The Bertz CT molecular complexity index is 281. The van der Waals surface area contributed by atoms with Gasteiger partial charge in [-0.15, -0.1) is 0 Å². The first-order valence-corrected chi connectivity index (χ1v) is 7.96. The highest BCUT2D eigenvalue weighted by Crippen LogP contribution is 2.28. The van der Waals surface area contributed by atoms with Gasteiger partial charge in [0.1, 0.15) is 0 Å². The highest BCUT2D eigenvalue weighted by atomic mass is 15.3. The molecule has 1 N–H and O–H groups in total. The van der Waals surface area contributed by atoms with Crippen LogP contribution in [0.1, 0.15) is 39.5 Å². The van der Waals surface area contributed by atoms with Crippen LogP contribution in [0.15, 0.2) is 0 Å². The van der Waals surface area contributed by atoms with Crippen molar-refractivity contribution in [2.45, 2.75) is 57.7 Å². The van der Waals surface area contributed by atoms with Crippen LogP contribution >= 0.6 is 0 Å². The van der Waals surface area contributed by atoms with Crippen molar-refractivity contribution in [3.8, 4) is 0 Å². The quantitative estimate of drug-likeness (QED) is 0.763. The predicted octanol–water partition coefficient (Wildman–Crippen LogP) is 1.54. The molecular formula is C15H29N3. The van der Waals surface area contributed by atoms with Crippen molar-refractivity contribution in [3.05, 3.63) is 0 Å². The summed E-state index contributed by atoms with van der Waals surface area (Å²) in [6.07, 6.45) is 5.65. The zero-order valence-electron chi connectivity index (χ0n) is 12.1. The number of fused-ring (bicyclic) bond motifs is 1. The van der Waals surface area contributed by atoms with Crippen LogP contribution in [-0.2, 0) is 0 Å². The summed E-state index contributed by atoms with van der Waals surface area (Å²) >= 11 is 0. The molecule has 0 saturated carbocycles. The average Bonchev–Trinajstić information content (AvgIpc) is 2.39. The van der Waals surface area contributed by atoms with Gasteiger partial charge in [-0.1, -0.05) is 13.3 Å². The van der Waals surface area contributed by atoms with E-state index in [1.165, 1.54) is 58.4 Å². The van der Waals surface area contributed by atoms with Crippen LogP contribution in [-0.4, -0.2) is 60.6 Å². The monoisotopic (exact) mass is 251 g/mol. The van der Waals surface area contributed by atoms with E-state index < -0.39 is 0 Å². The number of nitrogens with one attached hydrogen (secondary N) is 1. The molecule has 4 atom stereocenters. The van der Waals surface area contributed by atoms with Crippen LogP contribution in [0, 0.1) is 5.92 Å². The van der Waals surface area contributed by atoms with Gasteiger partial charge in [-0.25, -0.2) is 0 Å². The first-order valence-electron chi connectivity index (χ1n) is 7.96. The second-order valence-electron chi connectivity index (χ2n) is 6.73. The topological polar surface area (TPSA) is 18.5 Å². The summed E-state index contributed by atoms with van der Waals surface area (Å²) in [5, 5.41) is 3.54. The van der Waals surface area contributed by atoms with Gasteiger partial charge >= 0.3 is 0 Å². The van der Waals surface area contributed by atoms with Gasteiger partial charge in [-0.05, 0) is 51.7 Å². The lowest BCUT2D eigenvalue weighted by Gasteiger charge is -2.52. The lowest BCUT2D eigenvalue weighted by molar-refractivity contribution is -0.0264. The number of piperazine rings is 1. The molecule has 3 heteroatoms. The molecule has 104 valence electrons. The number of rotatable bonds is 1. The average molecular weight is 251 g/mol. The molecule has 0 aromatic heterocycles. The van der Waals surface area contributed by atoms with Crippen molar-refractivity contribution >= 4 is 0 Å². The maximum atomic E-state index is 3.54. The van der Waals surface area contributed by atoms with Crippen molar-refractivity contribution in [2.24, 2.45) is 5.92 Å². The van der Waals surface area contributed by atoms with Gasteiger partial charge in [0.05, 0.1) is 0 Å². The summed E-state index contributed by atoms with van der Waals surface area (Å²) in [5.41, 5.74) is 0. The van der Waals surface area contributed by atoms with E-state index in [4.69, 9.17) is 0 Å². The Balaban J connectivity index is 1.67. The summed E-state index contributed by atoms with van der Waals surface area (Å²) < 4.78 is 0. The molecule has 18 heavy (non-hydrogen) atoms. The normalized spacial score (nSPS) is 43.7. The zero-order chi connectivity index (χ0) is 12.5. The number of hydrogen-bond acceptors (Lipinski definition) is 3. The molecule has 0 bridgehead atoms. The Hall–Kier alpha value is -0.120. The smallest absolute Gasteiger partial charge is 0.0224 e. The molecule has 3 saturated heterocycles. The summed E-state index contributed by atoms with van der Waals surface area (Å²) in [5.74, 6) is 0.816. The Kier molecular flexibility index (Phi) is 3.92. The first kappa shape index (κ1) is 12.9. The molecule has 3 heterocycles. The van der Waals surface area contributed by atoms with Gasteiger partial charge in [0.25, 0.3) is 0 Å². The Labute approximate surface area is 112 Å². The summed E-state index contributed by atoms with van der Waals surface area (Å²) in [4.78, 5) is 5.61. The molecule has 3 fully saturated rings. The summed E-state index contributed by atoms with van der Waals surface area (Å²) in [7, 11) is 0. The van der Waals surface area contributed by atoms with E-state index in [1.54, 1.807) is 0 Å². The second kappa shape index (κ2) is 5.48. The molecule has 3 nitrogen and oxygen atoms in total. The third-order valence-corrected chi connectivity index (χ3v) is 5.40. The third kappa shape index (κ3) is 2.45. The molecule has 0 spiro atoms. The number of hydrogen-bond donors (Lipinski definition) is 1. The van der Waals surface area contributed by atoms with Crippen LogP contribution in [0.25, 0.3) is 0 Å². The first-order chi connectivity index (χ1) is 8.75. The number of piperidine rings is 2. The highest BCUT2D eigenvalue weighted by Gasteiger charge is 2.38. The van der Waals surface area contributed by atoms with Crippen molar-refractivity contribution < 1.29 is 0 Å². The molecule has 4 unspecified atom stereocenters. The second-order valence-corrected chi connectivity index (χ2v) is 6.73. The van der Waals surface area contributed by atoms with E-state index in [0.29, 0.717) is 0 Å². The fourth-order valence-electron chi connectivity index (χ4n) is 4.33. The predicted molar refractivity (Wildman–Crippen MR) is 75.8 cm³/mol. The van der Waals surface area contributed by atoms with E-state index in [1.807, 2.05) is 0 Å². The van der Waals surface area contributed by atoms with E-state index in [2.05, 4.69) is 29.0 Å². The molecule has 0 amide bonds. The van der Waals surface area contributed by atoms with E-state index in [-0.39, 0.29) is 0 Å². The van der Waals surface area contributed by atoms with E-state index >= 15 is 0 Å². The fraction of sp³-hybridized carbons (Fsp3) is 1.00. The van der Waals surface area contributed by atoms with Gasteiger partial charge in [0, 0.05) is 31.2 Å². The van der Waals surface area contributed by atoms with Gasteiger partial charge < -0.3 is 5.32 Å². The number of nitrogens with zero attached hydrogens (tertiary/aromatic N) is 2. The summed E-state index contributed by atoms with van der Waals surface area (Å²) in [6.45, 7) is 11.3. The largest absolute Gasteiger partial charge is 0.316 e. The Morgan fingerprint density at radius 2 is 1.94 bits per heavy atom. The standard InChI is InChI=1S/C15H29N3/c1-12-9-16-7-6-15(12)18-11-14-5-3-4-8-17(14)10-13(18)2/h12-16H,3-11H2,1-2H3. The van der Waals surface area contributed by atoms with Crippen LogP contribution < -0.4 is 5.32 Å². The fourth-order valence-corrected chi connectivity index (χ4v) is 4.33. The molecule has 3 aliphatic rings. The third-order valence-electron chi connectivity index (χ3n) is 5.40. The van der Waals surface area contributed by atoms with E-state index in [0.717, 1.165) is 24.0 Å². The molecule has 0 aromatic carbocycles. The molecule has 3 aliphatic heterocycles. The SMILES string of the molecule is CC1CNCCC1N1CC2CCCCN2CC1C. The maximum absolute atomic E-state index is 3.54. The maximum Gasteiger partial charge on any atom is 0.0224 e. The van der Waals surface area contributed by atoms with Gasteiger partial charge in [-0.3, -0.25) is 9.80 Å². The lowest BCUT2D eigenvalue weighted by Crippen LogP contribution is -2.63. The van der Waals surface area contributed by atoms with Gasteiger partial charge in [-0.2, -0.15) is 0 Å². The highest BCUT2D eigenvalue weighted by molar-refractivity contribution is 4.94.